The minimum atomic E-state index is -1.66. The molecule has 4 aromatic rings. The molecule has 332 valence electrons. The van der Waals surface area contributed by atoms with E-state index in [1.165, 1.54) is 46.6 Å². The van der Waals surface area contributed by atoms with Crippen LogP contribution in [0.1, 0.15) is 79.7 Å². The van der Waals surface area contributed by atoms with Crippen molar-refractivity contribution in [3.8, 4) is 23.0 Å². The van der Waals surface area contributed by atoms with Crippen LogP contribution in [-0.4, -0.2) is 88.9 Å². The van der Waals surface area contributed by atoms with Crippen molar-refractivity contribution in [1.82, 2.24) is 0 Å². The molecule has 0 aliphatic rings. The number of methoxy groups -OCH3 is 4. The Labute approximate surface area is 366 Å². The first-order valence-corrected chi connectivity index (χ1v) is 26.4. The van der Waals surface area contributed by atoms with Gasteiger partial charge in [0.15, 0.2) is 11.5 Å². The first-order chi connectivity index (χ1) is 28.6. The fraction of sp³-hybridized carbons (Fsp3) is 0.292. The molecule has 0 saturated carbocycles. The van der Waals surface area contributed by atoms with E-state index in [-0.39, 0.29) is 22.1 Å². The molecule has 0 unspecified atom stereocenters. The van der Waals surface area contributed by atoms with E-state index in [1.54, 1.807) is 42.5 Å². The molecule has 4 aromatic carbocycles. The molecule has 0 bridgehead atoms. The predicted octanol–water partition coefficient (Wildman–Crippen LogP) is 10.9. The summed E-state index contributed by atoms with van der Waals surface area (Å²) in [6.45, 7) is 27.2. The van der Waals surface area contributed by atoms with Crippen molar-refractivity contribution in [2.45, 2.75) is 65.5 Å². The molecule has 0 aliphatic carbocycles. The number of hydrogen-bond acceptors (Lipinski definition) is 8. The van der Waals surface area contributed by atoms with Crippen LogP contribution in [0.2, 0.25) is 39.3 Å². The van der Waals surface area contributed by atoms with Gasteiger partial charge in [0.2, 0.25) is 0 Å². The maximum Gasteiger partial charge on any atom is 0.336 e. The van der Waals surface area contributed by atoms with Gasteiger partial charge in [0.1, 0.15) is 11.5 Å². The van der Waals surface area contributed by atoms with Crippen LogP contribution in [-0.2, 0) is 10.2 Å². The Morgan fingerprint density at radius 1 is 0.565 bits per heavy atom. The molecule has 0 heterocycles. The Morgan fingerprint density at radius 2 is 1.05 bits per heavy atom. The highest BCUT2D eigenvalue weighted by atomic mass is 28.3. The predicted molar refractivity (Wildman–Crippen MR) is 252 cm³/mol. The number of rotatable bonds is 14. The third-order valence-electron chi connectivity index (χ3n) is 9.68. The number of carboxylic acids is 4. The molecule has 0 atom stereocenters. The van der Waals surface area contributed by atoms with E-state index >= 15 is 0 Å². The number of aromatic carboxylic acids is 3. The minimum absolute atomic E-state index is 0.00447. The molecule has 0 saturated heterocycles. The van der Waals surface area contributed by atoms with Crippen molar-refractivity contribution in [1.29, 1.82) is 0 Å². The van der Waals surface area contributed by atoms with Gasteiger partial charge in [-0.2, -0.15) is 0 Å². The van der Waals surface area contributed by atoms with Crippen molar-refractivity contribution in [3.63, 3.8) is 0 Å². The van der Waals surface area contributed by atoms with Gasteiger partial charge >= 0.3 is 23.9 Å². The van der Waals surface area contributed by atoms with Crippen LogP contribution in [0, 0.1) is 0 Å². The van der Waals surface area contributed by atoms with Gasteiger partial charge < -0.3 is 39.4 Å². The Morgan fingerprint density at radius 3 is 1.42 bits per heavy atom. The molecular formula is C48H60O12Si2. The molecule has 12 nitrogen and oxygen atoms in total. The van der Waals surface area contributed by atoms with Gasteiger partial charge in [-0.25, -0.2) is 19.2 Å². The van der Waals surface area contributed by atoms with Crippen LogP contribution in [0.15, 0.2) is 86.0 Å². The summed E-state index contributed by atoms with van der Waals surface area (Å²) in [5, 5.41) is 39.1. The van der Waals surface area contributed by atoms with Crippen molar-refractivity contribution < 1.29 is 58.6 Å². The second-order valence-electron chi connectivity index (χ2n) is 17.2. The first-order valence-electron chi connectivity index (χ1n) is 19.4. The smallest absolute Gasteiger partial charge is 0.336 e. The number of carboxylic acid groups (broad SMARTS) is 4. The lowest BCUT2D eigenvalue weighted by atomic mass is 9.85. The van der Waals surface area contributed by atoms with Crippen molar-refractivity contribution in [3.05, 3.63) is 130 Å². The number of carbonyl (C=O) groups is 4. The van der Waals surface area contributed by atoms with Crippen LogP contribution < -0.4 is 18.9 Å². The summed E-state index contributed by atoms with van der Waals surface area (Å²) in [6, 6.07) is 20.0. The van der Waals surface area contributed by atoms with Gasteiger partial charge in [-0.3, -0.25) is 0 Å². The highest BCUT2D eigenvalue weighted by Gasteiger charge is 2.29. The van der Waals surface area contributed by atoms with Gasteiger partial charge in [-0.1, -0.05) is 108 Å². The monoisotopic (exact) mass is 884 g/mol. The van der Waals surface area contributed by atoms with E-state index in [0.29, 0.717) is 45.3 Å². The average Bonchev–Trinajstić information content (AvgIpc) is 3.20. The molecular weight excluding hydrogens is 825 g/mol. The van der Waals surface area contributed by atoms with Crippen LogP contribution in [0.3, 0.4) is 0 Å². The summed E-state index contributed by atoms with van der Waals surface area (Å²) < 4.78 is 20.9. The highest BCUT2D eigenvalue weighted by molar-refractivity contribution is 6.94. The molecule has 0 aromatic heterocycles. The standard InChI is InChI=1S/C19H20O6.C17H26O2Si2.C12H14O4/c1-22-13-6-7-14(17(11-13)24-3)15(19(20)21)9-12-5-8-16(23-2)18(10-12)25-4;1-12(20(3,4)5)14-10-9-11-15(16(14)17(18)19)13(2)21(6,7)8;1-12(2,3)9-5-7(10(13)14)4-8(6-9)11(15)16/h5-11H,1-4H3,(H,20,21);9-11H,1-2H2,3-8H3,(H,18,19);4-6H,1-3H3,(H,13,14)(H,15,16). The lowest BCUT2D eigenvalue weighted by Crippen LogP contribution is -2.26. The van der Waals surface area contributed by atoms with Crippen LogP contribution in [0.4, 0.5) is 0 Å². The number of benzene rings is 4. The minimum Gasteiger partial charge on any atom is -0.497 e. The lowest BCUT2D eigenvalue weighted by Gasteiger charge is -2.26. The van der Waals surface area contributed by atoms with Gasteiger partial charge in [0.25, 0.3) is 0 Å². The lowest BCUT2D eigenvalue weighted by molar-refractivity contribution is -0.130. The second kappa shape index (κ2) is 21.4. The second-order valence-corrected chi connectivity index (χ2v) is 27.4. The summed E-state index contributed by atoms with van der Waals surface area (Å²) in [6.07, 6.45) is 1.55. The Hall–Kier alpha value is -6.39. The summed E-state index contributed by atoms with van der Waals surface area (Å²) in [5.41, 5.74) is 3.55. The van der Waals surface area contributed by atoms with Crippen LogP contribution in [0.25, 0.3) is 22.0 Å². The highest BCUT2D eigenvalue weighted by Crippen LogP contribution is 2.35. The molecule has 62 heavy (non-hydrogen) atoms. The fourth-order valence-corrected chi connectivity index (χ4v) is 7.82. The Kier molecular flexibility index (Phi) is 17.9. The molecule has 14 heteroatoms. The Bertz CT molecular complexity index is 2280. The molecule has 0 radical (unpaired) electrons. The normalized spacial score (nSPS) is 11.4. The first kappa shape index (κ1) is 51.8. The van der Waals surface area contributed by atoms with Crippen molar-refractivity contribution >= 4 is 62.1 Å². The fourth-order valence-electron chi connectivity index (χ4n) is 5.79. The van der Waals surface area contributed by atoms with Crippen molar-refractivity contribution in [2.75, 3.05) is 28.4 Å². The maximum atomic E-state index is 11.9. The molecule has 0 fully saturated rings. The number of hydrogen-bond donors (Lipinski definition) is 4. The van der Waals surface area contributed by atoms with Gasteiger partial charge in [0.05, 0.1) is 66.9 Å². The third-order valence-corrected chi connectivity index (χ3v) is 13.8. The molecule has 4 rings (SSSR count). The summed E-state index contributed by atoms with van der Waals surface area (Å²) >= 11 is 0. The quantitative estimate of drug-likeness (QED) is 0.0534. The van der Waals surface area contributed by atoms with E-state index in [9.17, 15) is 29.4 Å². The topological polar surface area (TPSA) is 186 Å². The van der Waals surface area contributed by atoms with Gasteiger partial charge in [0, 0.05) is 11.6 Å². The van der Waals surface area contributed by atoms with E-state index in [2.05, 4.69) is 52.4 Å². The zero-order chi connectivity index (χ0) is 47.5. The largest absolute Gasteiger partial charge is 0.497 e. The zero-order valence-electron chi connectivity index (χ0n) is 38.0. The van der Waals surface area contributed by atoms with Gasteiger partial charge in [-0.15, -0.1) is 0 Å². The average molecular weight is 885 g/mol. The summed E-state index contributed by atoms with van der Waals surface area (Å²) in [5.74, 6) is -2.12. The van der Waals surface area contributed by atoms with E-state index in [0.717, 1.165) is 21.5 Å². The molecule has 4 N–H and O–H groups in total. The number of aliphatic carboxylic acids is 1. The van der Waals surface area contributed by atoms with E-state index < -0.39 is 40.0 Å². The molecule has 0 aliphatic heterocycles. The van der Waals surface area contributed by atoms with Gasteiger partial charge in [-0.05, 0) is 76.2 Å². The zero-order valence-corrected chi connectivity index (χ0v) is 40.0. The van der Waals surface area contributed by atoms with Crippen LogP contribution in [0.5, 0.6) is 23.0 Å². The van der Waals surface area contributed by atoms with Crippen LogP contribution >= 0.6 is 0 Å². The number of ether oxygens (including phenoxy) is 4. The SMILES string of the molecule is C=C(c1cccc(C(=C)[Si](C)(C)C)c1C(=O)O)[Si](C)(C)C.CC(C)(C)c1cc(C(=O)O)cc(C(=O)O)c1.COc1ccc(C(=Cc2ccc(OC)c(OC)c2)C(=O)O)c(OC)c1. The maximum absolute atomic E-state index is 11.9. The molecule has 0 spiro atoms. The van der Waals surface area contributed by atoms with E-state index in [4.69, 9.17) is 29.2 Å². The Balaban J connectivity index is 0.000000328. The third kappa shape index (κ3) is 13.8. The summed E-state index contributed by atoms with van der Waals surface area (Å²) in [4.78, 5) is 45.4. The summed E-state index contributed by atoms with van der Waals surface area (Å²) in [7, 11) is 2.76. The van der Waals surface area contributed by atoms with Crippen molar-refractivity contribution in [2.24, 2.45) is 0 Å². The van der Waals surface area contributed by atoms with E-state index in [1.807, 2.05) is 39.0 Å². The molecule has 0 amide bonds.